The lowest BCUT2D eigenvalue weighted by molar-refractivity contribution is -0.138. The van der Waals surface area contributed by atoms with Crippen LogP contribution in [0.15, 0.2) is 29.3 Å². The number of aliphatic carboxylic acids is 1. The maximum Gasteiger partial charge on any atom is 0.407 e. The summed E-state index contributed by atoms with van der Waals surface area (Å²) >= 11 is 0. The van der Waals surface area contributed by atoms with E-state index in [-0.39, 0.29) is 18.7 Å². The standard InChI is InChI=1S/C23H37N7O8S/c24-8-1-2-13-38-23(34)28-12-15-39(35,36)30-19(21(32)33)16-29-20(31)17-4-6-18(7-5-17)37-14-11-27-22-25-9-3-10-26-22/h4-7,19,30H,1-3,8-16,24H2,(H,28,34)(H,29,31)(H,32,33)(H2,25,26,27)/t19-/m0/s1. The minimum atomic E-state index is -4.09. The highest BCUT2D eigenvalue weighted by molar-refractivity contribution is 7.89. The van der Waals surface area contributed by atoms with Gasteiger partial charge in [-0.05, 0) is 50.1 Å². The predicted octanol–water partition coefficient (Wildman–Crippen LogP) is -1.43. The number of alkyl carbamates (subject to hydrolysis) is 1. The van der Waals surface area contributed by atoms with E-state index >= 15 is 0 Å². The monoisotopic (exact) mass is 571 g/mol. The van der Waals surface area contributed by atoms with Crippen molar-refractivity contribution in [2.75, 3.05) is 58.2 Å². The Kier molecular flexibility index (Phi) is 13.8. The number of carboxylic acid groups (broad SMARTS) is 1. The summed E-state index contributed by atoms with van der Waals surface area (Å²) in [6, 6.07) is 4.59. The quantitative estimate of drug-likeness (QED) is 0.107. The highest BCUT2D eigenvalue weighted by atomic mass is 32.2. The van der Waals surface area contributed by atoms with E-state index in [4.69, 9.17) is 15.2 Å². The molecule has 0 bridgehead atoms. The lowest BCUT2D eigenvalue weighted by atomic mass is 10.2. The van der Waals surface area contributed by atoms with Crippen molar-refractivity contribution < 1.29 is 37.4 Å². The molecule has 15 nitrogen and oxygen atoms in total. The van der Waals surface area contributed by atoms with E-state index < -0.39 is 46.3 Å². The Balaban J connectivity index is 1.72. The Morgan fingerprint density at radius 3 is 2.54 bits per heavy atom. The average Bonchev–Trinajstić information content (AvgIpc) is 2.92. The van der Waals surface area contributed by atoms with E-state index in [1.807, 2.05) is 4.72 Å². The molecule has 0 aromatic heterocycles. The molecule has 16 heteroatoms. The molecule has 0 spiro atoms. The molecule has 39 heavy (non-hydrogen) atoms. The number of rotatable bonds is 17. The molecule has 1 aliphatic rings. The second-order valence-electron chi connectivity index (χ2n) is 8.41. The number of nitrogens with one attached hydrogen (secondary N) is 5. The fourth-order valence-corrected chi connectivity index (χ4v) is 4.30. The van der Waals surface area contributed by atoms with E-state index in [0.29, 0.717) is 38.3 Å². The first-order valence-electron chi connectivity index (χ1n) is 12.6. The molecule has 0 saturated carbocycles. The summed E-state index contributed by atoms with van der Waals surface area (Å²) in [7, 11) is -4.09. The van der Waals surface area contributed by atoms with Gasteiger partial charge in [0.2, 0.25) is 10.0 Å². The van der Waals surface area contributed by atoms with Gasteiger partial charge in [-0.3, -0.25) is 14.6 Å². The summed E-state index contributed by atoms with van der Waals surface area (Å²) in [6.45, 7) is 2.40. The van der Waals surface area contributed by atoms with Gasteiger partial charge in [-0.15, -0.1) is 0 Å². The Bertz CT molecular complexity index is 1070. The molecule has 0 saturated heterocycles. The van der Waals surface area contributed by atoms with Crippen LogP contribution in [0.25, 0.3) is 0 Å². The molecule has 218 valence electrons. The lowest BCUT2D eigenvalue weighted by Gasteiger charge is -2.16. The van der Waals surface area contributed by atoms with Gasteiger partial charge in [-0.1, -0.05) is 0 Å². The fourth-order valence-electron chi connectivity index (χ4n) is 3.19. The van der Waals surface area contributed by atoms with Gasteiger partial charge in [0.05, 0.1) is 18.9 Å². The number of hydrogen-bond acceptors (Lipinski definition) is 11. The van der Waals surface area contributed by atoms with E-state index in [2.05, 4.69) is 26.3 Å². The van der Waals surface area contributed by atoms with Crippen molar-refractivity contribution in [1.29, 1.82) is 0 Å². The number of benzene rings is 1. The molecular weight excluding hydrogens is 534 g/mol. The van der Waals surface area contributed by atoms with E-state index in [0.717, 1.165) is 25.5 Å². The number of unbranched alkanes of at least 4 members (excludes halogenated alkanes) is 1. The Morgan fingerprint density at radius 2 is 1.87 bits per heavy atom. The summed E-state index contributed by atoms with van der Waals surface area (Å²) in [6.07, 6.45) is 1.48. The third kappa shape index (κ3) is 13.1. The van der Waals surface area contributed by atoms with Crippen LogP contribution >= 0.6 is 0 Å². The van der Waals surface area contributed by atoms with Crippen molar-refractivity contribution in [3.05, 3.63) is 29.8 Å². The molecule has 1 aromatic carbocycles. The van der Waals surface area contributed by atoms with Gasteiger partial charge in [-0.25, -0.2) is 13.2 Å². The highest BCUT2D eigenvalue weighted by Crippen LogP contribution is 2.12. The zero-order valence-electron chi connectivity index (χ0n) is 21.6. The van der Waals surface area contributed by atoms with Crippen molar-refractivity contribution in [3.63, 3.8) is 0 Å². The lowest BCUT2D eigenvalue weighted by Crippen LogP contribution is -2.49. The largest absolute Gasteiger partial charge is 0.492 e. The SMILES string of the molecule is NCCCCOC(=O)NCCS(=O)(=O)N[C@@H](CNC(=O)c1ccc(OCCNC2=NCCCN2)cc1)C(=O)O. The molecule has 1 heterocycles. The third-order valence-corrected chi connectivity index (χ3v) is 6.62. The summed E-state index contributed by atoms with van der Waals surface area (Å²) < 4.78 is 37.0. The fraction of sp³-hybridized carbons (Fsp3) is 0.565. The smallest absolute Gasteiger partial charge is 0.407 e. The van der Waals surface area contributed by atoms with Crippen LogP contribution in [0.3, 0.4) is 0 Å². The van der Waals surface area contributed by atoms with Gasteiger partial charge in [0, 0.05) is 31.7 Å². The van der Waals surface area contributed by atoms with E-state index in [1.54, 1.807) is 12.1 Å². The van der Waals surface area contributed by atoms with Crippen LogP contribution in [-0.4, -0.2) is 102 Å². The van der Waals surface area contributed by atoms with Crippen LogP contribution in [0.5, 0.6) is 5.75 Å². The van der Waals surface area contributed by atoms with Gasteiger partial charge in [-0.2, -0.15) is 4.72 Å². The zero-order chi connectivity index (χ0) is 28.5. The predicted molar refractivity (Wildman–Crippen MR) is 143 cm³/mol. The maximum atomic E-state index is 12.4. The molecule has 0 aliphatic carbocycles. The third-order valence-electron chi connectivity index (χ3n) is 5.24. The second kappa shape index (κ2) is 17.1. The van der Waals surface area contributed by atoms with Gasteiger partial charge < -0.3 is 41.6 Å². The summed E-state index contributed by atoms with van der Waals surface area (Å²) in [5.41, 5.74) is 5.58. The summed E-state index contributed by atoms with van der Waals surface area (Å²) in [4.78, 5) is 39.8. The van der Waals surface area contributed by atoms with Crippen molar-refractivity contribution in [1.82, 2.24) is 26.0 Å². The highest BCUT2D eigenvalue weighted by Gasteiger charge is 2.25. The van der Waals surface area contributed by atoms with Gasteiger partial charge >= 0.3 is 12.1 Å². The number of amides is 2. The van der Waals surface area contributed by atoms with Crippen LogP contribution in [0.1, 0.15) is 29.6 Å². The number of carbonyl (C=O) groups is 3. The molecule has 1 aliphatic heterocycles. The molecule has 8 N–H and O–H groups in total. The molecule has 1 atom stereocenters. The first kappa shape index (κ1) is 31.6. The molecule has 2 rings (SSSR count). The average molecular weight is 572 g/mol. The van der Waals surface area contributed by atoms with Gasteiger partial charge in [0.15, 0.2) is 5.96 Å². The van der Waals surface area contributed by atoms with Crippen molar-refractivity contribution >= 4 is 34.0 Å². The Labute approximate surface area is 227 Å². The molecule has 0 unspecified atom stereocenters. The first-order chi connectivity index (χ1) is 18.7. The maximum absolute atomic E-state index is 12.4. The van der Waals surface area contributed by atoms with E-state index in [9.17, 15) is 27.9 Å². The molecule has 1 aromatic rings. The molecular formula is C23H37N7O8S. The number of nitrogens with zero attached hydrogens (tertiary/aromatic N) is 1. The molecule has 2 amide bonds. The zero-order valence-corrected chi connectivity index (χ0v) is 22.4. The number of carboxylic acids is 1. The van der Waals surface area contributed by atoms with Crippen molar-refractivity contribution in [2.45, 2.75) is 25.3 Å². The van der Waals surface area contributed by atoms with Crippen LogP contribution in [0.2, 0.25) is 0 Å². The topological polar surface area (TPSA) is 223 Å². The molecule has 0 fully saturated rings. The van der Waals surface area contributed by atoms with Crippen LogP contribution in [0, 0.1) is 0 Å². The van der Waals surface area contributed by atoms with Crippen LogP contribution in [-0.2, 0) is 19.6 Å². The minimum Gasteiger partial charge on any atom is -0.492 e. The Morgan fingerprint density at radius 1 is 1.10 bits per heavy atom. The van der Waals surface area contributed by atoms with Gasteiger partial charge in [0.25, 0.3) is 5.91 Å². The number of sulfonamides is 1. The van der Waals surface area contributed by atoms with Crippen LogP contribution in [0.4, 0.5) is 4.79 Å². The second-order valence-corrected chi connectivity index (χ2v) is 10.3. The first-order valence-corrected chi connectivity index (χ1v) is 14.2. The van der Waals surface area contributed by atoms with E-state index in [1.165, 1.54) is 12.1 Å². The Hall–Kier alpha value is -3.63. The number of aliphatic imine (C=N–C) groups is 1. The van der Waals surface area contributed by atoms with Crippen molar-refractivity contribution in [3.8, 4) is 5.75 Å². The van der Waals surface area contributed by atoms with Gasteiger partial charge in [0.1, 0.15) is 18.4 Å². The number of nitrogens with two attached hydrogens (primary N) is 1. The summed E-state index contributed by atoms with van der Waals surface area (Å²) in [5.74, 6) is -1.36. The minimum absolute atomic E-state index is 0.149. The molecule has 0 radical (unpaired) electrons. The number of ether oxygens (including phenoxy) is 2. The number of guanidine groups is 1. The van der Waals surface area contributed by atoms with Crippen LogP contribution < -0.4 is 36.5 Å². The normalized spacial score (nSPS) is 13.8. The van der Waals surface area contributed by atoms with Crippen molar-refractivity contribution in [2.24, 2.45) is 10.7 Å². The summed E-state index contributed by atoms with van der Waals surface area (Å²) in [5, 5.41) is 20.3. The number of carbonyl (C=O) groups excluding carboxylic acids is 2. The number of hydrogen-bond donors (Lipinski definition) is 7.